The molecule has 0 aromatic heterocycles. The van der Waals surface area contributed by atoms with Crippen LogP contribution in [-0.2, 0) is 10.4 Å². The molecule has 0 aliphatic carbocycles. The van der Waals surface area contributed by atoms with Gasteiger partial charge in [-0.25, -0.2) is 0 Å². The minimum Gasteiger partial charge on any atom is -0.493 e. The van der Waals surface area contributed by atoms with Crippen LogP contribution in [0.15, 0.2) is 66.7 Å². The fraction of sp³-hybridized carbons (Fsp3) is 0.280. The van der Waals surface area contributed by atoms with Crippen molar-refractivity contribution >= 4 is 22.6 Å². The van der Waals surface area contributed by atoms with Crippen molar-refractivity contribution in [1.82, 2.24) is 4.90 Å². The quantitative estimate of drug-likeness (QED) is 0.634. The van der Waals surface area contributed by atoms with Crippen molar-refractivity contribution in [2.24, 2.45) is 0 Å². The molecule has 4 rings (SSSR count). The number of hydrogen-bond donors (Lipinski definition) is 2. The Morgan fingerprint density at radius 1 is 0.935 bits per heavy atom. The van der Waals surface area contributed by atoms with E-state index in [2.05, 4.69) is 0 Å². The predicted octanol–water partition coefficient (Wildman–Crippen LogP) is 3.82. The highest BCUT2D eigenvalue weighted by atomic mass is 16.5. The van der Waals surface area contributed by atoms with E-state index >= 15 is 0 Å². The summed E-state index contributed by atoms with van der Waals surface area (Å²) in [6.07, 6.45) is 0.645. The predicted molar refractivity (Wildman–Crippen MR) is 117 cm³/mol. The summed E-state index contributed by atoms with van der Waals surface area (Å²) >= 11 is 0. The first kappa shape index (κ1) is 20.9. The van der Waals surface area contributed by atoms with Gasteiger partial charge in [-0.05, 0) is 35.7 Å². The van der Waals surface area contributed by atoms with Crippen LogP contribution in [0.2, 0.25) is 0 Å². The Hall–Kier alpha value is -3.38. The summed E-state index contributed by atoms with van der Waals surface area (Å²) in [5, 5.41) is 22.1. The number of carbonyl (C=O) groups excluding carboxylic acids is 1. The summed E-state index contributed by atoms with van der Waals surface area (Å²) in [5.74, 6) is -0.485. The van der Waals surface area contributed by atoms with Crippen molar-refractivity contribution < 1.29 is 24.5 Å². The van der Waals surface area contributed by atoms with E-state index in [0.717, 1.165) is 10.8 Å². The summed E-state index contributed by atoms with van der Waals surface area (Å²) in [4.78, 5) is 25.8. The lowest BCUT2D eigenvalue weighted by atomic mass is 9.83. The zero-order valence-corrected chi connectivity index (χ0v) is 17.2. The van der Waals surface area contributed by atoms with Gasteiger partial charge in [0.1, 0.15) is 5.75 Å². The van der Waals surface area contributed by atoms with Crippen molar-refractivity contribution in [1.29, 1.82) is 0 Å². The van der Waals surface area contributed by atoms with Crippen LogP contribution >= 0.6 is 0 Å². The first-order valence-electron chi connectivity index (χ1n) is 10.4. The zero-order chi connectivity index (χ0) is 21.8. The summed E-state index contributed by atoms with van der Waals surface area (Å²) in [6, 6.07) is 20.7. The van der Waals surface area contributed by atoms with Crippen molar-refractivity contribution in [3.8, 4) is 5.75 Å². The topological polar surface area (TPSA) is 87.1 Å². The van der Waals surface area contributed by atoms with Gasteiger partial charge in [-0.1, -0.05) is 54.6 Å². The van der Waals surface area contributed by atoms with Crippen molar-refractivity contribution in [2.45, 2.75) is 24.9 Å². The summed E-state index contributed by atoms with van der Waals surface area (Å²) in [5.41, 5.74) is 0.175. The van der Waals surface area contributed by atoms with Crippen LogP contribution in [0.1, 0.15) is 35.2 Å². The Morgan fingerprint density at radius 2 is 1.61 bits per heavy atom. The number of nitrogens with zero attached hydrogens (tertiary/aromatic N) is 1. The SMILES string of the molecule is O=C(O)CCOc1ccccc1C1(O)CCN(C(=O)c2cccc3ccccc23)CC1. The first-order chi connectivity index (χ1) is 15.0. The van der Waals surface area contributed by atoms with Crippen LogP contribution < -0.4 is 4.74 Å². The van der Waals surface area contributed by atoms with Crippen LogP contribution in [0.3, 0.4) is 0 Å². The number of aliphatic carboxylic acids is 1. The van der Waals surface area contributed by atoms with Crippen LogP contribution in [-0.4, -0.2) is 46.7 Å². The van der Waals surface area contributed by atoms with Gasteiger partial charge in [0, 0.05) is 24.2 Å². The van der Waals surface area contributed by atoms with Crippen LogP contribution in [0.5, 0.6) is 5.75 Å². The molecule has 1 fully saturated rings. The molecule has 0 spiro atoms. The molecule has 0 saturated carbocycles. The molecule has 3 aromatic rings. The third kappa shape index (κ3) is 4.39. The normalized spacial score (nSPS) is 15.6. The van der Waals surface area contributed by atoms with Gasteiger partial charge in [0.05, 0.1) is 18.6 Å². The number of carboxylic acids is 1. The van der Waals surface area contributed by atoms with Crippen LogP contribution in [0.25, 0.3) is 10.8 Å². The van der Waals surface area contributed by atoms with Gasteiger partial charge in [0.2, 0.25) is 0 Å². The average molecular weight is 419 g/mol. The second kappa shape index (κ2) is 8.78. The third-order valence-corrected chi connectivity index (χ3v) is 5.86. The fourth-order valence-electron chi connectivity index (χ4n) is 4.16. The fourth-order valence-corrected chi connectivity index (χ4v) is 4.16. The number of piperidine rings is 1. The molecule has 2 N–H and O–H groups in total. The maximum atomic E-state index is 13.2. The summed E-state index contributed by atoms with van der Waals surface area (Å²) in [7, 11) is 0. The monoisotopic (exact) mass is 419 g/mol. The number of amides is 1. The number of rotatable bonds is 6. The molecule has 1 aliphatic heterocycles. The minimum atomic E-state index is -1.13. The van der Waals surface area contributed by atoms with E-state index in [-0.39, 0.29) is 18.9 Å². The van der Waals surface area contributed by atoms with Crippen molar-refractivity contribution in [2.75, 3.05) is 19.7 Å². The Morgan fingerprint density at radius 3 is 2.39 bits per heavy atom. The van der Waals surface area contributed by atoms with E-state index in [0.29, 0.717) is 42.8 Å². The molecule has 6 nitrogen and oxygen atoms in total. The van der Waals surface area contributed by atoms with Crippen LogP contribution in [0.4, 0.5) is 0 Å². The number of hydrogen-bond acceptors (Lipinski definition) is 4. The molecular weight excluding hydrogens is 394 g/mol. The average Bonchev–Trinajstić information content (AvgIpc) is 2.79. The standard InChI is InChI=1S/C25H25NO5/c27-23(28)12-17-31-22-11-4-3-10-21(22)25(30)13-15-26(16-14-25)24(29)20-9-5-7-18-6-1-2-8-19(18)20/h1-11,30H,12-17H2,(H,27,28). The van der Waals surface area contributed by atoms with Gasteiger partial charge >= 0.3 is 5.97 Å². The van der Waals surface area contributed by atoms with Gasteiger partial charge in [-0.2, -0.15) is 0 Å². The highest BCUT2D eigenvalue weighted by Crippen LogP contribution is 2.38. The molecule has 1 saturated heterocycles. The maximum Gasteiger partial charge on any atom is 0.306 e. The zero-order valence-electron chi connectivity index (χ0n) is 17.2. The van der Waals surface area contributed by atoms with Gasteiger partial charge in [0.15, 0.2) is 0 Å². The second-order valence-corrected chi connectivity index (χ2v) is 7.84. The highest BCUT2D eigenvalue weighted by molar-refractivity contribution is 6.07. The molecular formula is C25H25NO5. The Kier molecular flexibility index (Phi) is 5.91. The molecule has 0 unspecified atom stereocenters. The summed E-state index contributed by atoms with van der Waals surface area (Å²) < 4.78 is 5.64. The summed E-state index contributed by atoms with van der Waals surface area (Å²) in [6.45, 7) is 0.873. The van der Waals surface area contributed by atoms with E-state index in [1.807, 2.05) is 48.5 Å². The van der Waals surface area contributed by atoms with Gasteiger partial charge in [-0.15, -0.1) is 0 Å². The van der Waals surface area contributed by atoms with Gasteiger partial charge in [-0.3, -0.25) is 9.59 Å². The number of fused-ring (bicyclic) bond motifs is 1. The molecule has 31 heavy (non-hydrogen) atoms. The Labute approximate surface area is 180 Å². The maximum absolute atomic E-state index is 13.2. The Balaban J connectivity index is 1.49. The number of aliphatic hydroxyl groups is 1. The number of ether oxygens (including phenoxy) is 1. The van der Waals surface area contributed by atoms with Crippen molar-refractivity contribution in [3.63, 3.8) is 0 Å². The molecule has 3 aromatic carbocycles. The smallest absolute Gasteiger partial charge is 0.306 e. The number of carbonyl (C=O) groups is 2. The van der Waals surface area contributed by atoms with E-state index < -0.39 is 11.6 Å². The molecule has 1 amide bonds. The molecule has 1 aliphatic rings. The van der Waals surface area contributed by atoms with Gasteiger partial charge < -0.3 is 19.8 Å². The van der Waals surface area contributed by atoms with E-state index in [1.165, 1.54) is 0 Å². The molecule has 0 bridgehead atoms. The number of carboxylic acid groups (broad SMARTS) is 1. The van der Waals surface area contributed by atoms with E-state index in [1.54, 1.807) is 23.1 Å². The second-order valence-electron chi connectivity index (χ2n) is 7.84. The third-order valence-electron chi connectivity index (χ3n) is 5.86. The largest absolute Gasteiger partial charge is 0.493 e. The lowest BCUT2D eigenvalue weighted by Crippen LogP contribution is -2.45. The number of benzene rings is 3. The molecule has 160 valence electrons. The van der Waals surface area contributed by atoms with Crippen LogP contribution in [0, 0.1) is 0 Å². The minimum absolute atomic E-state index is 0.0358. The lowest BCUT2D eigenvalue weighted by molar-refractivity contribution is -0.137. The van der Waals surface area contributed by atoms with E-state index in [9.17, 15) is 14.7 Å². The number of para-hydroxylation sites is 1. The van der Waals surface area contributed by atoms with Gasteiger partial charge in [0.25, 0.3) is 5.91 Å². The molecule has 0 radical (unpaired) electrons. The number of likely N-dealkylation sites (tertiary alicyclic amines) is 1. The van der Waals surface area contributed by atoms with E-state index in [4.69, 9.17) is 9.84 Å². The molecule has 1 heterocycles. The highest BCUT2D eigenvalue weighted by Gasteiger charge is 2.37. The molecule has 6 heteroatoms. The van der Waals surface area contributed by atoms with Crippen molar-refractivity contribution in [3.05, 3.63) is 77.9 Å². The first-order valence-corrected chi connectivity index (χ1v) is 10.4. The Bertz CT molecular complexity index is 1100. The lowest BCUT2D eigenvalue weighted by Gasteiger charge is -2.39. The molecule has 0 atom stereocenters.